The van der Waals surface area contributed by atoms with Crippen LogP contribution in [-0.4, -0.2) is 19.3 Å². The van der Waals surface area contributed by atoms with Gasteiger partial charge in [0.2, 0.25) is 0 Å². The van der Waals surface area contributed by atoms with E-state index in [1.54, 1.807) is 0 Å². The van der Waals surface area contributed by atoms with Crippen LogP contribution < -0.4 is 5.32 Å². The second-order valence-electron chi connectivity index (χ2n) is 5.94. The normalized spacial score (nSPS) is 16.6. The molecule has 0 spiro atoms. The number of hydrogen-bond acceptors (Lipinski definition) is 3. The Bertz CT molecular complexity index is 570. The third kappa shape index (κ3) is 3.66. The molecule has 1 fully saturated rings. The first-order valence-electron chi connectivity index (χ1n) is 8.14. The molecule has 0 saturated heterocycles. The van der Waals surface area contributed by atoms with Gasteiger partial charge in [0.25, 0.3) is 0 Å². The third-order valence-corrected chi connectivity index (χ3v) is 4.39. The molecule has 0 radical (unpaired) electrons. The second-order valence-corrected chi connectivity index (χ2v) is 5.94. The van der Waals surface area contributed by atoms with E-state index in [0.29, 0.717) is 6.10 Å². The van der Waals surface area contributed by atoms with Gasteiger partial charge in [0.05, 0.1) is 12.7 Å². The van der Waals surface area contributed by atoms with Crippen molar-refractivity contribution in [2.75, 3.05) is 13.2 Å². The zero-order valence-corrected chi connectivity index (χ0v) is 12.9. The topological polar surface area (TPSA) is 34.4 Å². The van der Waals surface area contributed by atoms with E-state index in [0.717, 1.165) is 31.0 Å². The summed E-state index contributed by atoms with van der Waals surface area (Å²) < 4.78 is 11.7. The zero-order valence-electron chi connectivity index (χ0n) is 12.9. The highest BCUT2D eigenvalue weighted by Gasteiger charge is 2.13. The van der Waals surface area contributed by atoms with Crippen molar-refractivity contribution in [1.29, 1.82) is 0 Å². The van der Waals surface area contributed by atoms with Gasteiger partial charge in [-0.25, -0.2) is 0 Å². The first kappa shape index (κ1) is 14.6. The molecule has 1 heterocycles. The minimum Gasteiger partial charge on any atom is -0.461 e. The van der Waals surface area contributed by atoms with Crippen molar-refractivity contribution in [3.05, 3.63) is 35.6 Å². The van der Waals surface area contributed by atoms with Gasteiger partial charge in [-0.1, -0.05) is 37.5 Å². The molecule has 1 saturated carbocycles. The Morgan fingerprint density at radius 1 is 1.19 bits per heavy atom. The summed E-state index contributed by atoms with van der Waals surface area (Å²) in [6, 6.07) is 8.23. The van der Waals surface area contributed by atoms with Crippen LogP contribution >= 0.6 is 0 Å². The minimum atomic E-state index is 0.497. The molecule has 3 heteroatoms. The van der Waals surface area contributed by atoms with Crippen LogP contribution in [0.1, 0.15) is 43.4 Å². The lowest BCUT2D eigenvalue weighted by Gasteiger charge is -2.22. The fourth-order valence-electron chi connectivity index (χ4n) is 3.18. The number of para-hydroxylation sites is 1. The largest absolute Gasteiger partial charge is 0.461 e. The van der Waals surface area contributed by atoms with Gasteiger partial charge in [0.1, 0.15) is 11.3 Å². The number of hydrogen-bond donors (Lipinski definition) is 1. The molecule has 2 aromatic rings. The van der Waals surface area contributed by atoms with Crippen LogP contribution in [0.4, 0.5) is 0 Å². The Balaban J connectivity index is 1.45. The Kier molecular flexibility index (Phi) is 4.94. The monoisotopic (exact) mass is 287 g/mol. The van der Waals surface area contributed by atoms with Crippen LogP contribution in [0.25, 0.3) is 11.0 Å². The first-order valence-corrected chi connectivity index (χ1v) is 8.14. The van der Waals surface area contributed by atoms with Gasteiger partial charge in [0.15, 0.2) is 0 Å². The molecule has 114 valence electrons. The lowest BCUT2D eigenvalue weighted by atomic mass is 9.98. The average Bonchev–Trinajstić information content (AvgIpc) is 2.84. The van der Waals surface area contributed by atoms with E-state index in [-0.39, 0.29) is 0 Å². The number of nitrogens with one attached hydrogen (secondary N) is 1. The molecule has 1 aliphatic carbocycles. The maximum Gasteiger partial charge on any atom is 0.134 e. The maximum atomic E-state index is 5.93. The zero-order chi connectivity index (χ0) is 14.5. The summed E-state index contributed by atoms with van der Waals surface area (Å²) in [5.41, 5.74) is 2.24. The van der Waals surface area contributed by atoms with Crippen LogP contribution in [0.3, 0.4) is 0 Å². The predicted octanol–water partition coefficient (Wildman–Crippen LogP) is 4.18. The minimum absolute atomic E-state index is 0.497. The molecule has 0 atom stereocenters. The van der Waals surface area contributed by atoms with E-state index < -0.39 is 0 Å². The van der Waals surface area contributed by atoms with Gasteiger partial charge in [-0.05, 0) is 25.8 Å². The smallest absolute Gasteiger partial charge is 0.134 e. The van der Waals surface area contributed by atoms with Gasteiger partial charge >= 0.3 is 0 Å². The van der Waals surface area contributed by atoms with E-state index in [2.05, 4.69) is 17.4 Å². The van der Waals surface area contributed by atoms with Crippen molar-refractivity contribution in [2.24, 2.45) is 0 Å². The number of rotatable bonds is 6. The second kappa shape index (κ2) is 7.10. The molecule has 0 bridgehead atoms. The predicted molar refractivity (Wildman–Crippen MR) is 85.5 cm³/mol. The molecule has 3 nitrogen and oxygen atoms in total. The molecule has 0 unspecified atom stereocenters. The van der Waals surface area contributed by atoms with Crippen LogP contribution in [0.2, 0.25) is 0 Å². The summed E-state index contributed by atoms with van der Waals surface area (Å²) in [6.45, 7) is 4.58. The van der Waals surface area contributed by atoms with E-state index in [1.807, 2.05) is 19.1 Å². The molecule has 1 N–H and O–H groups in total. The average molecular weight is 287 g/mol. The Labute approximate surface area is 126 Å². The first-order chi connectivity index (χ1) is 10.3. The van der Waals surface area contributed by atoms with Gasteiger partial charge in [0, 0.05) is 24.0 Å². The maximum absolute atomic E-state index is 5.93. The van der Waals surface area contributed by atoms with Crippen LogP contribution in [-0.2, 0) is 11.3 Å². The van der Waals surface area contributed by atoms with Crippen molar-refractivity contribution in [3.8, 4) is 0 Å². The Hall–Kier alpha value is -1.32. The SMILES string of the molecule is Cc1oc2ccccc2c1CNCCOC1CCCCC1. The number of aryl methyl sites for hydroxylation is 1. The van der Waals surface area contributed by atoms with Gasteiger partial charge in [-0.15, -0.1) is 0 Å². The van der Waals surface area contributed by atoms with Crippen molar-refractivity contribution >= 4 is 11.0 Å². The molecule has 1 aliphatic rings. The van der Waals surface area contributed by atoms with Crippen molar-refractivity contribution in [1.82, 2.24) is 5.32 Å². The molecule has 3 rings (SSSR count). The van der Waals surface area contributed by atoms with Crippen molar-refractivity contribution in [2.45, 2.75) is 51.7 Å². The molecule has 21 heavy (non-hydrogen) atoms. The van der Waals surface area contributed by atoms with Crippen LogP contribution in [0, 0.1) is 6.92 Å². The van der Waals surface area contributed by atoms with Crippen molar-refractivity contribution < 1.29 is 9.15 Å². The number of fused-ring (bicyclic) bond motifs is 1. The van der Waals surface area contributed by atoms with Gasteiger partial charge in [-0.3, -0.25) is 0 Å². The summed E-state index contributed by atoms with van der Waals surface area (Å²) in [6.07, 6.45) is 7.02. The van der Waals surface area contributed by atoms with E-state index in [1.165, 1.54) is 43.1 Å². The van der Waals surface area contributed by atoms with E-state index in [4.69, 9.17) is 9.15 Å². The number of furan rings is 1. The summed E-state index contributed by atoms with van der Waals surface area (Å²) >= 11 is 0. The Morgan fingerprint density at radius 3 is 2.86 bits per heavy atom. The lowest BCUT2D eigenvalue weighted by Crippen LogP contribution is -2.24. The summed E-state index contributed by atoms with van der Waals surface area (Å²) in [5.74, 6) is 1.01. The van der Waals surface area contributed by atoms with E-state index >= 15 is 0 Å². The molecule has 0 amide bonds. The molecule has 0 aliphatic heterocycles. The lowest BCUT2D eigenvalue weighted by molar-refractivity contribution is 0.0302. The molecular formula is C18H25NO2. The van der Waals surface area contributed by atoms with Gasteiger partial charge in [-0.2, -0.15) is 0 Å². The number of ether oxygens (including phenoxy) is 1. The van der Waals surface area contributed by atoms with Crippen molar-refractivity contribution in [3.63, 3.8) is 0 Å². The summed E-state index contributed by atoms with van der Waals surface area (Å²) in [7, 11) is 0. The fraction of sp³-hybridized carbons (Fsp3) is 0.556. The Morgan fingerprint density at radius 2 is 2.00 bits per heavy atom. The third-order valence-electron chi connectivity index (χ3n) is 4.39. The van der Waals surface area contributed by atoms with Gasteiger partial charge < -0.3 is 14.5 Å². The highest BCUT2D eigenvalue weighted by molar-refractivity contribution is 5.82. The van der Waals surface area contributed by atoms with Crippen LogP contribution in [0.5, 0.6) is 0 Å². The molecule has 1 aromatic heterocycles. The fourth-order valence-corrected chi connectivity index (χ4v) is 3.18. The standard InChI is InChI=1S/C18H25NO2/c1-14-17(16-9-5-6-10-18(16)21-14)13-19-11-12-20-15-7-3-2-4-8-15/h5-6,9-10,15,19H,2-4,7-8,11-13H2,1H3. The quantitative estimate of drug-likeness (QED) is 0.809. The summed E-state index contributed by atoms with van der Waals surface area (Å²) in [5, 5.41) is 4.69. The van der Waals surface area contributed by atoms with Crippen LogP contribution in [0.15, 0.2) is 28.7 Å². The molecular weight excluding hydrogens is 262 g/mol. The summed E-state index contributed by atoms with van der Waals surface area (Å²) in [4.78, 5) is 0. The van der Waals surface area contributed by atoms with E-state index in [9.17, 15) is 0 Å². The highest BCUT2D eigenvalue weighted by atomic mass is 16.5. The number of benzene rings is 1. The molecule has 1 aromatic carbocycles. The highest BCUT2D eigenvalue weighted by Crippen LogP contribution is 2.25.